The molecule has 2 unspecified atom stereocenters. The van der Waals surface area contributed by atoms with Crippen LogP contribution in [-0.4, -0.2) is 0 Å². The molecule has 4 aromatic carbocycles. The Morgan fingerprint density at radius 3 is 1.22 bits per heavy atom. The van der Waals surface area contributed by atoms with Crippen LogP contribution in [0.3, 0.4) is 0 Å². The second-order valence-corrected chi connectivity index (χ2v) is 11.1. The summed E-state index contributed by atoms with van der Waals surface area (Å²) in [5.74, 6) is 0. The molecule has 0 spiro atoms. The predicted molar refractivity (Wildman–Crippen MR) is 150 cm³/mol. The summed E-state index contributed by atoms with van der Waals surface area (Å²) in [6.45, 7) is 4.45. The first-order valence-corrected chi connectivity index (χ1v) is 12.8. The molecule has 3 heteroatoms. The minimum Gasteiger partial charge on any atom is -0.108 e. The van der Waals surface area contributed by atoms with Crippen molar-refractivity contribution in [2.75, 3.05) is 0 Å². The molecule has 0 N–H and O–H groups in total. The van der Waals surface area contributed by atoms with Crippen molar-refractivity contribution in [2.24, 2.45) is 5.41 Å². The first-order valence-electron chi connectivity index (χ1n) is 12.0. The smallest absolute Gasteiger partial charge is 0.103 e. The van der Waals surface area contributed by atoms with E-state index in [1.165, 1.54) is 0 Å². The van der Waals surface area contributed by atoms with Gasteiger partial charge in [-0.2, -0.15) is 0 Å². The number of benzene rings is 4. The van der Waals surface area contributed by atoms with E-state index < -0.39 is 15.2 Å². The minimum atomic E-state index is -0.863. The van der Waals surface area contributed by atoms with Crippen molar-refractivity contribution in [1.82, 2.24) is 0 Å². The summed E-state index contributed by atoms with van der Waals surface area (Å²) in [7, 11) is 0. The standard InChI is InChI=1S/C33H26Cl2.Ti/c1-31(2,32(34)27-19-11-9-17-25(27)21-29(32)23-13-5-3-6-14-23)33(35)28-20-12-10-18-26(28)22-30(33)24-15-7-4-8-16-24;/h3-22H,1-2H3;. The first-order chi connectivity index (χ1) is 16.9. The molecular weight excluding hydrogens is 515 g/mol. The maximum Gasteiger partial charge on any atom is 0.103 e. The molecule has 176 valence electrons. The van der Waals surface area contributed by atoms with Crippen LogP contribution in [0.5, 0.6) is 0 Å². The summed E-state index contributed by atoms with van der Waals surface area (Å²) in [5, 5.41) is 0. The van der Waals surface area contributed by atoms with Gasteiger partial charge in [-0.25, -0.2) is 0 Å². The van der Waals surface area contributed by atoms with E-state index in [4.69, 9.17) is 23.2 Å². The van der Waals surface area contributed by atoms with Crippen LogP contribution in [0.15, 0.2) is 109 Å². The summed E-state index contributed by atoms with van der Waals surface area (Å²) in [5.41, 5.74) is 8.26. The van der Waals surface area contributed by atoms with Gasteiger partial charge in [0.25, 0.3) is 0 Å². The van der Waals surface area contributed by atoms with Crippen LogP contribution in [0.1, 0.15) is 47.2 Å². The number of fused-ring (bicyclic) bond motifs is 2. The maximum absolute atomic E-state index is 8.00. The summed E-state index contributed by atoms with van der Waals surface area (Å²) in [6.07, 6.45) is 4.48. The Morgan fingerprint density at radius 1 is 0.500 bits per heavy atom. The summed E-state index contributed by atoms with van der Waals surface area (Å²) in [4.78, 5) is -1.73. The SMILES string of the molecule is CC(C)(C1(Cl)C(c2ccccc2)=Cc2ccccc21)C1(Cl)C(c2ccccc2)=Cc2ccccc21.[Ti]. The third-order valence-electron chi connectivity index (χ3n) is 7.90. The Balaban J connectivity index is 0.00000267. The van der Waals surface area contributed by atoms with E-state index >= 15 is 0 Å². The number of hydrogen-bond donors (Lipinski definition) is 0. The van der Waals surface area contributed by atoms with E-state index in [0.29, 0.717) is 0 Å². The molecule has 0 saturated carbocycles. The van der Waals surface area contributed by atoms with E-state index in [1.54, 1.807) is 0 Å². The Bertz CT molecular complexity index is 1370. The summed E-state index contributed by atoms with van der Waals surface area (Å²) in [6, 6.07) is 37.8. The van der Waals surface area contributed by atoms with E-state index in [-0.39, 0.29) is 21.7 Å². The molecule has 6 rings (SSSR count). The van der Waals surface area contributed by atoms with Crippen molar-refractivity contribution in [2.45, 2.75) is 23.6 Å². The molecule has 0 bridgehead atoms. The molecule has 2 aliphatic carbocycles. The third kappa shape index (κ3) is 3.39. The first kappa shape index (κ1) is 25.3. The molecule has 2 aliphatic rings. The van der Waals surface area contributed by atoms with E-state index in [2.05, 4.69) is 123 Å². The predicted octanol–water partition coefficient (Wildman–Crippen LogP) is 9.39. The van der Waals surface area contributed by atoms with Gasteiger partial charge >= 0.3 is 0 Å². The van der Waals surface area contributed by atoms with Crippen LogP contribution in [0, 0.1) is 5.41 Å². The fourth-order valence-corrected chi connectivity index (χ4v) is 7.06. The van der Waals surface area contributed by atoms with Crippen LogP contribution in [0.25, 0.3) is 23.3 Å². The number of alkyl halides is 2. The Morgan fingerprint density at radius 2 is 0.833 bits per heavy atom. The van der Waals surface area contributed by atoms with Gasteiger partial charge in [0.15, 0.2) is 0 Å². The average Bonchev–Trinajstić information content (AvgIpc) is 3.39. The van der Waals surface area contributed by atoms with Gasteiger partial charge in [-0.05, 0) is 56.7 Å². The zero-order valence-corrected chi connectivity index (χ0v) is 23.4. The minimum absolute atomic E-state index is 0. The molecule has 0 heterocycles. The second kappa shape index (κ2) is 9.19. The quantitative estimate of drug-likeness (QED) is 0.178. The van der Waals surface area contributed by atoms with Crippen LogP contribution < -0.4 is 0 Å². The Kier molecular flexibility index (Phi) is 6.46. The van der Waals surface area contributed by atoms with Gasteiger partial charge < -0.3 is 0 Å². The number of rotatable bonds is 4. The summed E-state index contributed by atoms with van der Waals surface area (Å²) >= 11 is 16.0. The molecule has 4 aromatic rings. The van der Waals surface area contributed by atoms with Crippen molar-refractivity contribution in [3.8, 4) is 0 Å². The number of allylic oxidation sites excluding steroid dienone is 2. The zero-order valence-electron chi connectivity index (χ0n) is 20.3. The monoisotopic (exact) mass is 540 g/mol. The van der Waals surface area contributed by atoms with Crippen LogP contribution >= 0.6 is 23.2 Å². The van der Waals surface area contributed by atoms with Gasteiger partial charge in [0, 0.05) is 27.1 Å². The number of halogens is 2. The molecule has 0 aliphatic heterocycles. The average molecular weight is 541 g/mol. The second-order valence-electron chi connectivity index (χ2n) is 9.96. The van der Waals surface area contributed by atoms with Gasteiger partial charge in [-0.3, -0.25) is 0 Å². The maximum atomic E-state index is 8.00. The van der Waals surface area contributed by atoms with E-state index in [0.717, 1.165) is 44.5 Å². The van der Waals surface area contributed by atoms with Gasteiger partial charge in [-0.1, -0.05) is 123 Å². The van der Waals surface area contributed by atoms with Crippen molar-refractivity contribution < 1.29 is 21.7 Å². The molecule has 36 heavy (non-hydrogen) atoms. The van der Waals surface area contributed by atoms with Gasteiger partial charge in [-0.15, -0.1) is 23.2 Å². The summed E-state index contributed by atoms with van der Waals surface area (Å²) < 4.78 is 0. The molecule has 0 aromatic heterocycles. The fraction of sp³-hybridized carbons (Fsp3) is 0.152. The third-order valence-corrected chi connectivity index (χ3v) is 9.66. The van der Waals surface area contributed by atoms with Gasteiger partial charge in [0.1, 0.15) is 9.75 Å². The van der Waals surface area contributed by atoms with E-state index in [9.17, 15) is 0 Å². The zero-order chi connectivity index (χ0) is 24.3. The van der Waals surface area contributed by atoms with Crippen molar-refractivity contribution >= 4 is 46.5 Å². The molecule has 0 radical (unpaired) electrons. The Labute approximate surface area is 238 Å². The molecule has 0 amide bonds. The molecule has 2 atom stereocenters. The van der Waals surface area contributed by atoms with Crippen LogP contribution in [0.4, 0.5) is 0 Å². The van der Waals surface area contributed by atoms with Gasteiger partial charge in [0.05, 0.1) is 0 Å². The molecule has 0 saturated heterocycles. The fourth-order valence-electron chi connectivity index (χ4n) is 6.06. The molecule has 0 nitrogen and oxygen atoms in total. The van der Waals surface area contributed by atoms with Crippen molar-refractivity contribution in [3.05, 3.63) is 143 Å². The normalized spacial score (nSPS) is 22.2. The van der Waals surface area contributed by atoms with Gasteiger partial charge in [0.2, 0.25) is 0 Å². The van der Waals surface area contributed by atoms with Crippen LogP contribution in [0.2, 0.25) is 0 Å². The molecular formula is C33H26Cl2Ti. The van der Waals surface area contributed by atoms with Crippen molar-refractivity contribution in [3.63, 3.8) is 0 Å². The van der Waals surface area contributed by atoms with Crippen molar-refractivity contribution in [1.29, 1.82) is 0 Å². The topological polar surface area (TPSA) is 0 Å². The van der Waals surface area contributed by atoms with Crippen LogP contribution in [-0.2, 0) is 31.5 Å². The largest absolute Gasteiger partial charge is 0.108 e. The molecule has 0 fully saturated rings. The number of hydrogen-bond acceptors (Lipinski definition) is 0. The Hall–Kier alpha value is -2.35. The van der Waals surface area contributed by atoms with E-state index in [1.807, 2.05) is 12.1 Å².